The van der Waals surface area contributed by atoms with Gasteiger partial charge < -0.3 is 9.84 Å². The molecule has 0 radical (unpaired) electrons. The van der Waals surface area contributed by atoms with Gasteiger partial charge >= 0.3 is 0 Å². The summed E-state index contributed by atoms with van der Waals surface area (Å²) in [5.41, 5.74) is 4.22. The minimum absolute atomic E-state index is 0.177. The van der Waals surface area contributed by atoms with Crippen LogP contribution in [0.25, 0.3) is 10.2 Å². The molecule has 1 aromatic heterocycles. The van der Waals surface area contributed by atoms with Crippen molar-refractivity contribution in [3.8, 4) is 11.5 Å². The molecular weight excluding hydrogens is 370 g/mol. The quantitative estimate of drug-likeness (QED) is 0.383. The molecule has 2 aromatic carbocycles. The summed E-state index contributed by atoms with van der Waals surface area (Å²) in [6.07, 6.45) is 1.48. The topological polar surface area (TPSA) is 87.9 Å². The number of nitrogens with one attached hydrogen (secondary N) is 2. The van der Waals surface area contributed by atoms with Crippen molar-refractivity contribution in [3.63, 3.8) is 0 Å². The third-order valence-electron chi connectivity index (χ3n) is 3.33. The highest BCUT2D eigenvalue weighted by atomic mass is 32.2. The van der Waals surface area contributed by atoms with Crippen LogP contribution in [-0.2, 0) is 4.79 Å². The van der Waals surface area contributed by atoms with Gasteiger partial charge in [0.15, 0.2) is 0 Å². The standard InChI is InChI=1S/C18H17N3O3S2/c1-2-24-15-9-12(7-8-14(15)22)10-19-21-17(23)11-25-18-20-13-5-3-4-6-16(13)26-18/h3-10,22H,2,11H2,1H3,(H,21,23). The number of hydrogen-bond donors (Lipinski definition) is 1. The fourth-order valence-corrected chi connectivity index (χ4v) is 4.10. The Morgan fingerprint density at radius 2 is 2.23 bits per heavy atom. The zero-order valence-electron chi connectivity index (χ0n) is 14.0. The van der Waals surface area contributed by atoms with Crippen molar-refractivity contribution in [2.24, 2.45) is 5.10 Å². The summed E-state index contributed by atoms with van der Waals surface area (Å²) in [5, 5.41) is 15.5. The lowest BCUT2D eigenvalue weighted by Crippen LogP contribution is -2.20. The van der Waals surface area contributed by atoms with Crippen molar-refractivity contribution in [1.29, 1.82) is 0 Å². The van der Waals surface area contributed by atoms with Gasteiger partial charge in [-0.2, -0.15) is 10.1 Å². The molecule has 0 unspecified atom stereocenters. The summed E-state index contributed by atoms with van der Waals surface area (Å²) >= 11 is 3.04. The SMILES string of the molecule is CCOc1cc(C=NNC(=O)CSc2[nH+]c3ccccc3s2)ccc1[O-]. The zero-order valence-corrected chi connectivity index (χ0v) is 15.7. The number of amides is 1. The van der Waals surface area contributed by atoms with Crippen molar-refractivity contribution in [2.45, 2.75) is 11.3 Å². The van der Waals surface area contributed by atoms with Gasteiger partial charge in [-0.3, -0.25) is 4.79 Å². The maximum atomic E-state index is 11.9. The van der Waals surface area contributed by atoms with E-state index in [4.69, 9.17) is 4.74 Å². The minimum atomic E-state index is -0.206. The molecule has 26 heavy (non-hydrogen) atoms. The lowest BCUT2D eigenvalue weighted by atomic mass is 10.2. The number of carbonyl (C=O) groups is 1. The zero-order chi connectivity index (χ0) is 18.4. The highest BCUT2D eigenvalue weighted by molar-refractivity contribution is 8.01. The number of hydrogen-bond acceptors (Lipinski definition) is 6. The second kappa shape index (κ2) is 8.68. The maximum Gasteiger partial charge on any atom is 0.297 e. The summed E-state index contributed by atoms with van der Waals surface area (Å²) in [5.74, 6) is 0.148. The predicted octanol–water partition coefficient (Wildman–Crippen LogP) is 2.43. The van der Waals surface area contributed by atoms with E-state index in [2.05, 4.69) is 15.5 Å². The van der Waals surface area contributed by atoms with Crippen molar-refractivity contribution >= 4 is 45.4 Å². The van der Waals surface area contributed by atoms with Crippen LogP contribution in [-0.4, -0.2) is 24.5 Å². The van der Waals surface area contributed by atoms with Crippen molar-refractivity contribution in [3.05, 3.63) is 48.0 Å². The van der Waals surface area contributed by atoms with Gasteiger partial charge in [-0.1, -0.05) is 41.4 Å². The van der Waals surface area contributed by atoms with E-state index in [1.165, 1.54) is 24.0 Å². The van der Waals surface area contributed by atoms with Crippen molar-refractivity contribution in [1.82, 2.24) is 5.43 Å². The van der Waals surface area contributed by atoms with E-state index in [-0.39, 0.29) is 23.2 Å². The summed E-state index contributed by atoms with van der Waals surface area (Å²) in [7, 11) is 0. The molecule has 8 heteroatoms. The van der Waals surface area contributed by atoms with Gasteiger partial charge in [0.05, 0.1) is 18.6 Å². The molecule has 0 aliphatic carbocycles. The highest BCUT2D eigenvalue weighted by Gasteiger charge is 2.12. The van der Waals surface area contributed by atoms with Crippen LogP contribution < -0.4 is 20.3 Å². The number of aromatic amines is 1. The van der Waals surface area contributed by atoms with Crippen LogP contribution in [0.3, 0.4) is 0 Å². The summed E-state index contributed by atoms with van der Waals surface area (Å²) < 4.78 is 7.37. The minimum Gasteiger partial charge on any atom is -0.870 e. The van der Waals surface area contributed by atoms with E-state index >= 15 is 0 Å². The molecule has 0 aliphatic rings. The number of thioether (sulfide) groups is 1. The van der Waals surface area contributed by atoms with Crippen molar-refractivity contribution < 1.29 is 19.6 Å². The molecule has 134 valence electrons. The van der Waals surface area contributed by atoms with Gasteiger partial charge in [-0.15, -0.1) is 0 Å². The van der Waals surface area contributed by atoms with E-state index in [1.54, 1.807) is 23.5 Å². The lowest BCUT2D eigenvalue weighted by Gasteiger charge is -2.13. The Bertz CT molecular complexity index is 907. The maximum absolute atomic E-state index is 11.9. The third-order valence-corrected chi connectivity index (χ3v) is 5.57. The number of rotatable bonds is 7. The lowest BCUT2D eigenvalue weighted by molar-refractivity contribution is -0.385. The van der Waals surface area contributed by atoms with Crippen LogP contribution in [0.2, 0.25) is 0 Å². The molecule has 1 heterocycles. The van der Waals surface area contributed by atoms with Crippen LogP contribution in [0.15, 0.2) is 51.9 Å². The fraction of sp³-hybridized carbons (Fsp3) is 0.167. The second-order valence-corrected chi connectivity index (χ2v) is 7.53. The number of hydrazone groups is 1. The normalized spacial score (nSPS) is 11.1. The van der Waals surface area contributed by atoms with Crippen LogP contribution in [0.4, 0.5) is 0 Å². The number of nitrogens with zero attached hydrogens (tertiary/aromatic N) is 1. The van der Waals surface area contributed by atoms with E-state index in [1.807, 2.05) is 31.2 Å². The molecule has 2 N–H and O–H groups in total. The molecule has 0 aliphatic heterocycles. The molecule has 0 fully saturated rings. The van der Waals surface area contributed by atoms with Gasteiger partial charge in [0.25, 0.3) is 10.2 Å². The number of aromatic nitrogens is 1. The summed E-state index contributed by atoms with van der Waals surface area (Å²) in [6, 6.07) is 12.6. The van der Waals surface area contributed by atoms with Gasteiger partial charge in [-0.05, 0) is 36.4 Å². The predicted molar refractivity (Wildman–Crippen MR) is 102 cm³/mol. The Balaban J connectivity index is 1.52. The molecule has 0 spiro atoms. The van der Waals surface area contributed by atoms with Crippen LogP contribution >= 0.6 is 23.1 Å². The van der Waals surface area contributed by atoms with Crippen LogP contribution in [0.1, 0.15) is 12.5 Å². The Kier molecular flexibility index (Phi) is 6.08. The number of benzene rings is 2. The number of ether oxygens (including phenoxy) is 1. The van der Waals surface area contributed by atoms with E-state index in [9.17, 15) is 9.90 Å². The number of para-hydroxylation sites is 1. The van der Waals surface area contributed by atoms with Crippen molar-refractivity contribution in [2.75, 3.05) is 12.4 Å². The van der Waals surface area contributed by atoms with Gasteiger partial charge in [0.2, 0.25) is 5.52 Å². The van der Waals surface area contributed by atoms with Crippen LogP contribution in [0.5, 0.6) is 11.5 Å². The first-order valence-electron chi connectivity index (χ1n) is 7.95. The average molecular weight is 387 g/mol. The first-order chi connectivity index (χ1) is 12.7. The molecular formula is C18H17N3O3S2. The van der Waals surface area contributed by atoms with Gasteiger partial charge in [-0.25, -0.2) is 5.43 Å². The van der Waals surface area contributed by atoms with E-state index in [0.29, 0.717) is 12.2 Å². The number of carbonyl (C=O) groups excluding carboxylic acids is 1. The van der Waals surface area contributed by atoms with E-state index in [0.717, 1.165) is 14.6 Å². The summed E-state index contributed by atoms with van der Waals surface area (Å²) in [6.45, 7) is 2.23. The fourth-order valence-electron chi connectivity index (χ4n) is 2.18. The third kappa shape index (κ3) is 4.74. The van der Waals surface area contributed by atoms with Gasteiger partial charge in [0, 0.05) is 6.07 Å². The highest BCUT2D eigenvalue weighted by Crippen LogP contribution is 2.25. The molecule has 0 saturated heterocycles. The molecule has 3 rings (SSSR count). The first kappa shape index (κ1) is 18.2. The van der Waals surface area contributed by atoms with Crippen LogP contribution in [0, 0.1) is 0 Å². The Labute approximate surface area is 158 Å². The first-order valence-corrected chi connectivity index (χ1v) is 9.75. The number of H-pyrrole nitrogens is 1. The molecule has 1 amide bonds. The van der Waals surface area contributed by atoms with E-state index < -0.39 is 0 Å². The monoisotopic (exact) mass is 387 g/mol. The number of thiazole rings is 1. The smallest absolute Gasteiger partial charge is 0.297 e. The molecule has 0 saturated carbocycles. The van der Waals surface area contributed by atoms with Gasteiger partial charge in [0.1, 0.15) is 10.4 Å². The summed E-state index contributed by atoms with van der Waals surface area (Å²) in [4.78, 5) is 15.2. The second-order valence-electron chi connectivity index (χ2n) is 5.23. The number of fused-ring (bicyclic) bond motifs is 1. The Morgan fingerprint density at radius 3 is 3.04 bits per heavy atom. The average Bonchev–Trinajstić information content (AvgIpc) is 3.06. The molecule has 0 atom stereocenters. The Hall–Kier alpha value is -2.58. The molecule has 0 bridgehead atoms. The molecule has 3 aromatic rings. The molecule has 6 nitrogen and oxygen atoms in total. The Morgan fingerprint density at radius 1 is 1.38 bits per heavy atom. The largest absolute Gasteiger partial charge is 0.870 e.